The molecule has 1 N–H and O–H groups in total. The van der Waals surface area contributed by atoms with E-state index < -0.39 is 5.54 Å². The number of imide groups is 1. The number of urea groups is 1. The summed E-state index contributed by atoms with van der Waals surface area (Å²) < 4.78 is 5.70. The lowest BCUT2D eigenvalue weighted by atomic mass is 9.78. The molecule has 1 aromatic heterocycles. The predicted molar refractivity (Wildman–Crippen MR) is 131 cm³/mol. The van der Waals surface area contributed by atoms with Crippen molar-refractivity contribution in [1.82, 2.24) is 9.88 Å². The molecule has 2 atom stereocenters. The van der Waals surface area contributed by atoms with E-state index >= 15 is 0 Å². The van der Waals surface area contributed by atoms with Crippen molar-refractivity contribution in [3.05, 3.63) is 95.2 Å². The summed E-state index contributed by atoms with van der Waals surface area (Å²) in [6.45, 7) is 4.15. The standard InChI is InChI=1S/C28H25N3O3/c1-17-10-4-8-14-22(17)31-26(32)28(2)25-24(19-12-5-7-13-21(19)29-25)20(16-30(28)27(31)33)18-11-6-9-15-23(18)34-3/h4-15,20,29H,16H2,1-3H3/t20-,28-/m0/s1. The number of carbonyl (C=O) groups excluding carboxylic acids is 2. The molecule has 0 spiro atoms. The number of aromatic nitrogens is 1. The summed E-state index contributed by atoms with van der Waals surface area (Å²) in [6, 6.07) is 23.2. The zero-order valence-corrected chi connectivity index (χ0v) is 19.3. The van der Waals surface area contributed by atoms with Gasteiger partial charge in [0, 0.05) is 28.9 Å². The summed E-state index contributed by atoms with van der Waals surface area (Å²) in [5.74, 6) is 0.378. The lowest BCUT2D eigenvalue weighted by Crippen LogP contribution is -2.50. The highest BCUT2D eigenvalue weighted by Crippen LogP contribution is 2.51. The van der Waals surface area contributed by atoms with Crippen LogP contribution in [0.5, 0.6) is 5.75 Å². The van der Waals surface area contributed by atoms with Crippen LogP contribution in [-0.2, 0) is 10.3 Å². The van der Waals surface area contributed by atoms with Crippen molar-refractivity contribution in [2.45, 2.75) is 25.3 Å². The fourth-order valence-electron chi connectivity index (χ4n) is 5.65. The Morgan fingerprint density at radius 3 is 2.47 bits per heavy atom. The molecule has 2 aliphatic rings. The van der Waals surface area contributed by atoms with Crippen LogP contribution in [0.1, 0.15) is 35.2 Å². The number of benzene rings is 3. The molecule has 3 aromatic carbocycles. The van der Waals surface area contributed by atoms with Gasteiger partial charge in [-0.3, -0.25) is 4.79 Å². The topological polar surface area (TPSA) is 65.6 Å². The number of amides is 3. The summed E-state index contributed by atoms with van der Waals surface area (Å²) >= 11 is 0. The highest BCUT2D eigenvalue weighted by molar-refractivity contribution is 6.24. The van der Waals surface area contributed by atoms with Crippen molar-refractivity contribution in [1.29, 1.82) is 0 Å². The molecule has 170 valence electrons. The second-order valence-electron chi connectivity index (χ2n) is 9.15. The number of ether oxygens (including phenoxy) is 1. The SMILES string of the molecule is COc1ccccc1[C@@H]1CN2C(=O)N(c3ccccc3C)C(=O)[C@]2(C)c2[nH]c3ccccc3c21. The number of fused-ring (bicyclic) bond motifs is 5. The average Bonchev–Trinajstić information content (AvgIpc) is 3.34. The summed E-state index contributed by atoms with van der Waals surface area (Å²) in [4.78, 5) is 34.5. The summed E-state index contributed by atoms with van der Waals surface area (Å²) in [6.07, 6.45) is 0. The minimum Gasteiger partial charge on any atom is -0.496 e. The Bertz CT molecular complexity index is 1470. The third-order valence-corrected chi connectivity index (χ3v) is 7.40. The van der Waals surface area contributed by atoms with E-state index in [1.165, 1.54) is 4.90 Å². The maximum absolute atomic E-state index is 14.0. The zero-order chi connectivity index (χ0) is 23.6. The molecule has 0 unspecified atom stereocenters. The molecule has 6 nitrogen and oxygen atoms in total. The van der Waals surface area contributed by atoms with E-state index in [0.717, 1.165) is 39.0 Å². The van der Waals surface area contributed by atoms with Crippen molar-refractivity contribution in [3.8, 4) is 5.75 Å². The van der Waals surface area contributed by atoms with Gasteiger partial charge in [-0.25, -0.2) is 9.69 Å². The normalized spacial score (nSPS) is 21.7. The molecular formula is C28H25N3O3. The lowest BCUT2D eigenvalue weighted by molar-refractivity contribution is -0.125. The Kier molecular flexibility index (Phi) is 4.36. The Morgan fingerprint density at radius 1 is 0.971 bits per heavy atom. The van der Waals surface area contributed by atoms with E-state index in [-0.39, 0.29) is 17.9 Å². The molecule has 3 heterocycles. The molecule has 3 amide bonds. The molecule has 2 aliphatic heterocycles. The largest absolute Gasteiger partial charge is 0.496 e. The Hall–Kier alpha value is -4.06. The second kappa shape index (κ2) is 7.22. The third-order valence-electron chi connectivity index (χ3n) is 7.40. The van der Waals surface area contributed by atoms with Crippen LogP contribution in [0.4, 0.5) is 10.5 Å². The minimum atomic E-state index is -1.13. The molecule has 0 saturated carbocycles. The van der Waals surface area contributed by atoms with Crippen LogP contribution in [0.15, 0.2) is 72.8 Å². The van der Waals surface area contributed by atoms with Crippen molar-refractivity contribution >= 4 is 28.5 Å². The molecule has 0 radical (unpaired) electrons. The van der Waals surface area contributed by atoms with Crippen LogP contribution >= 0.6 is 0 Å². The van der Waals surface area contributed by atoms with Gasteiger partial charge in [0.1, 0.15) is 5.75 Å². The molecule has 34 heavy (non-hydrogen) atoms. The molecule has 1 fully saturated rings. The predicted octanol–water partition coefficient (Wildman–Crippen LogP) is 5.31. The second-order valence-corrected chi connectivity index (χ2v) is 9.15. The molecule has 4 aromatic rings. The van der Waals surface area contributed by atoms with Gasteiger partial charge >= 0.3 is 6.03 Å². The summed E-state index contributed by atoms with van der Waals surface area (Å²) in [5, 5.41) is 1.06. The minimum absolute atomic E-state index is 0.149. The fourth-order valence-corrected chi connectivity index (χ4v) is 5.65. The number of nitrogens with one attached hydrogen (secondary N) is 1. The Balaban J connectivity index is 1.62. The van der Waals surface area contributed by atoms with Gasteiger partial charge in [-0.1, -0.05) is 54.6 Å². The number of para-hydroxylation sites is 3. The molecule has 0 aliphatic carbocycles. The molecule has 0 bridgehead atoms. The van der Waals surface area contributed by atoms with Gasteiger partial charge in [0.05, 0.1) is 18.5 Å². The van der Waals surface area contributed by atoms with Crippen LogP contribution in [0.25, 0.3) is 10.9 Å². The molecular weight excluding hydrogens is 426 g/mol. The van der Waals surface area contributed by atoms with Crippen LogP contribution in [-0.4, -0.2) is 35.5 Å². The number of methoxy groups -OCH3 is 1. The maximum atomic E-state index is 14.0. The molecule has 6 heteroatoms. The van der Waals surface area contributed by atoms with Gasteiger partial charge in [-0.05, 0) is 43.2 Å². The first-order valence-corrected chi connectivity index (χ1v) is 11.4. The Labute approximate surface area is 197 Å². The number of aromatic amines is 1. The van der Waals surface area contributed by atoms with Gasteiger partial charge in [0.2, 0.25) is 0 Å². The van der Waals surface area contributed by atoms with Gasteiger partial charge in [0.25, 0.3) is 5.91 Å². The average molecular weight is 452 g/mol. The van der Waals surface area contributed by atoms with Gasteiger partial charge in [0.15, 0.2) is 5.54 Å². The number of hydrogen-bond acceptors (Lipinski definition) is 3. The van der Waals surface area contributed by atoms with Crippen LogP contribution in [0.3, 0.4) is 0 Å². The van der Waals surface area contributed by atoms with E-state index in [4.69, 9.17) is 4.74 Å². The van der Waals surface area contributed by atoms with E-state index in [9.17, 15) is 9.59 Å². The number of H-pyrrole nitrogens is 1. The fraction of sp³-hybridized carbons (Fsp3) is 0.214. The first-order valence-electron chi connectivity index (χ1n) is 11.4. The molecule has 1 saturated heterocycles. The maximum Gasteiger partial charge on any atom is 0.332 e. The van der Waals surface area contributed by atoms with Crippen LogP contribution in [0.2, 0.25) is 0 Å². The van der Waals surface area contributed by atoms with Crippen LogP contribution < -0.4 is 9.64 Å². The summed E-state index contributed by atoms with van der Waals surface area (Å²) in [7, 11) is 1.66. The van der Waals surface area contributed by atoms with E-state index in [1.54, 1.807) is 12.0 Å². The number of anilines is 1. The van der Waals surface area contributed by atoms with Gasteiger partial charge in [-0.2, -0.15) is 0 Å². The van der Waals surface area contributed by atoms with Crippen LogP contribution in [0, 0.1) is 6.92 Å². The highest BCUT2D eigenvalue weighted by atomic mass is 16.5. The zero-order valence-electron chi connectivity index (χ0n) is 19.3. The van der Waals surface area contributed by atoms with Crippen molar-refractivity contribution in [3.63, 3.8) is 0 Å². The van der Waals surface area contributed by atoms with Crippen molar-refractivity contribution < 1.29 is 14.3 Å². The van der Waals surface area contributed by atoms with Crippen molar-refractivity contribution in [2.24, 2.45) is 0 Å². The smallest absolute Gasteiger partial charge is 0.332 e. The van der Waals surface area contributed by atoms with E-state index in [2.05, 4.69) is 11.1 Å². The number of aryl methyl sites for hydroxylation is 1. The lowest BCUT2D eigenvalue weighted by Gasteiger charge is -2.40. The number of carbonyl (C=O) groups is 2. The van der Waals surface area contributed by atoms with Gasteiger partial charge in [-0.15, -0.1) is 0 Å². The van der Waals surface area contributed by atoms with E-state index in [1.807, 2.05) is 80.6 Å². The Morgan fingerprint density at radius 2 is 1.68 bits per heavy atom. The number of hydrogen-bond donors (Lipinski definition) is 1. The first-order chi connectivity index (χ1) is 16.5. The van der Waals surface area contributed by atoms with E-state index in [0.29, 0.717) is 12.2 Å². The quantitative estimate of drug-likeness (QED) is 0.429. The third kappa shape index (κ3) is 2.56. The van der Waals surface area contributed by atoms with Gasteiger partial charge < -0.3 is 14.6 Å². The summed E-state index contributed by atoms with van der Waals surface area (Å²) in [5.41, 5.74) is 4.13. The first kappa shape index (κ1) is 20.5. The van der Waals surface area contributed by atoms with Crippen molar-refractivity contribution in [2.75, 3.05) is 18.6 Å². The monoisotopic (exact) mass is 451 g/mol. The highest BCUT2D eigenvalue weighted by Gasteiger charge is 2.61. The molecule has 6 rings (SSSR count). The number of nitrogens with zero attached hydrogens (tertiary/aromatic N) is 2. The number of rotatable bonds is 3.